The summed E-state index contributed by atoms with van der Waals surface area (Å²) in [6.07, 6.45) is 1.40. The number of aromatic nitrogens is 2. The molecule has 1 aliphatic heterocycles. The highest BCUT2D eigenvalue weighted by molar-refractivity contribution is 5.75. The summed E-state index contributed by atoms with van der Waals surface area (Å²) >= 11 is 0. The first-order valence-corrected chi connectivity index (χ1v) is 7.24. The Labute approximate surface area is 117 Å². The van der Waals surface area contributed by atoms with Gasteiger partial charge in [0.15, 0.2) is 0 Å². The molecule has 108 valence electrons. The van der Waals surface area contributed by atoms with Crippen molar-refractivity contribution in [1.82, 2.24) is 15.3 Å². The third-order valence-electron chi connectivity index (χ3n) is 4.02. The second-order valence-corrected chi connectivity index (χ2v) is 5.56. The fourth-order valence-corrected chi connectivity index (χ4v) is 3.10. The molecule has 3 atom stereocenters. The average Bonchev–Trinajstić information content (AvgIpc) is 3.00. The zero-order valence-corrected chi connectivity index (χ0v) is 11.9. The fraction of sp³-hybridized carbons (Fsp3) is 0.533. The molecule has 0 saturated carbocycles. The molecule has 2 heterocycles. The third-order valence-corrected chi connectivity index (χ3v) is 4.02. The molecule has 0 radical (unpaired) electrons. The molecule has 5 heteroatoms. The molecule has 1 aliphatic rings. The lowest BCUT2D eigenvalue weighted by Crippen LogP contribution is -2.28. The summed E-state index contributed by atoms with van der Waals surface area (Å²) in [7, 11) is 0. The van der Waals surface area contributed by atoms with Gasteiger partial charge in [-0.3, -0.25) is 0 Å². The van der Waals surface area contributed by atoms with Crippen molar-refractivity contribution in [2.45, 2.75) is 32.4 Å². The molecule has 2 aromatic rings. The van der Waals surface area contributed by atoms with Gasteiger partial charge in [0.25, 0.3) is 0 Å². The SMILES string of the molecule is CCNC(c1ccc2[nH]c(=O)[nH]c2c1)C1COC(C)C1. The van der Waals surface area contributed by atoms with Crippen molar-refractivity contribution in [2.24, 2.45) is 5.92 Å². The zero-order chi connectivity index (χ0) is 14.1. The van der Waals surface area contributed by atoms with E-state index in [1.165, 1.54) is 5.56 Å². The van der Waals surface area contributed by atoms with Gasteiger partial charge in [-0.05, 0) is 37.6 Å². The number of benzene rings is 1. The van der Waals surface area contributed by atoms with Crippen LogP contribution < -0.4 is 11.0 Å². The van der Waals surface area contributed by atoms with Crippen molar-refractivity contribution in [3.8, 4) is 0 Å². The number of ether oxygens (including phenoxy) is 1. The molecule has 3 rings (SSSR count). The summed E-state index contributed by atoms with van der Waals surface area (Å²) in [6, 6.07) is 6.38. The Bertz CT molecular complexity index is 646. The van der Waals surface area contributed by atoms with Gasteiger partial charge in [0, 0.05) is 12.0 Å². The molecule has 0 amide bonds. The molecule has 3 unspecified atom stereocenters. The Hall–Kier alpha value is -1.59. The van der Waals surface area contributed by atoms with Crippen LogP contribution in [0.3, 0.4) is 0 Å². The summed E-state index contributed by atoms with van der Waals surface area (Å²) in [5, 5.41) is 3.55. The molecule has 3 N–H and O–H groups in total. The van der Waals surface area contributed by atoms with Crippen LogP contribution in [-0.2, 0) is 4.74 Å². The molecular weight excluding hydrogens is 254 g/mol. The maximum Gasteiger partial charge on any atom is 0.323 e. The lowest BCUT2D eigenvalue weighted by atomic mass is 9.90. The predicted molar refractivity (Wildman–Crippen MR) is 78.9 cm³/mol. The first-order chi connectivity index (χ1) is 9.67. The largest absolute Gasteiger partial charge is 0.378 e. The van der Waals surface area contributed by atoms with Crippen molar-refractivity contribution >= 4 is 11.0 Å². The van der Waals surface area contributed by atoms with E-state index in [4.69, 9.17) is 4.74 Å². The molecule has 0 bridgehead atoms. The van der Waals surface area contributed by atoms with Crippen LogP contribution in [0, 0.1) is 5.92 Å². The minimum atomic E-state index is -0.157. The topological polar surface area (TPSA) is 69.9 Å². The molecule has 20 heavy (non-hydrogen) atoms. The van der Waals surface area contributed by atoms with Crippen LogP contribution in [0.15, 0.2) is 23.0 Å². The highest BCUT2D eigenvalue weighted by Gasteiger charge is 2.30. The molecule has 1 aromatic heterocycles. The number of aromatic amines is 2. The van der Waals surface area contributed by atoms with Crippen LogP contribution in [0.5, 0.6) is 0 Å². The van der Waals surface area contributed by atoms with Gasteiger partial charge in [-0.2, -0.15) is 0 Å². The van der Waals surface area contributed by atoms with Crippen LogP contribution >= 0.6 is 0 Å². The lowest BCUT2D eigenvalue weighted by molar-refractivity contribution is 0.117. The van der Waals surface area contributed by atoms with Gasteiger partial charge in [0.05, 0.1) is 23.7 Å². The zero-order valence-electron chi connectivity index (χ0n) is 11.9. The molecule has 0 spiro atoms. The minimum Gasteiger partial charge on any atom is -0.378 e. The van der Waals surface area contributed by atoms with Gasteiger partial charge in [0.1, 0.15) is 0 Å². The Morgan fingerprint density at radius 3 is 2.90 bits per heavy atom. The van der Waals surface area contributed by atoms with Crippen LogP contribution in [-0.4, -0.2) is 29.2 Å². The number of hydrogen-bond acceptors (Lipinski definition) is 3. The Kier molecular flexibility index (Phi) is 3.63. The molecule has 1 fully saturated rings. The van der Waals surface area contributed by atoms with Crippen molar-refractivity contribution in [3.05, 3.63) is 34.2 Å². The highest BCUT2D eigenvalue weighted by atomic mass is 16.5. The maximum atomic E-state index is 11.3. The molecule has 5 nitrogen and oxygen atoms in total. The van der Waals surface area contributed by atoms with Crippen molar-refractivity contribution < 1.29 is 4.74 Å². The normalized spacial score (nSPS) is 24.3. The van der Waals surface area contributed by atoms with E-state index in [9.17, 15) is 4.79 Å². The standard InChI is InChI=1S/C15H21N3O2/c1-3-16-14(11-6-9(2)20-8-11)10-4-5-12-13(7-10)18-15(19)17-12/h4-5,7,9,11,14,16H,3,6,8H2,1-2H3,(H2,17,18,19). The van der Waals surface area contributed by atoms with Gasteiger partial charge in [0.2, 0.25) is 0 Å². The summed E-state index contributed by atoms with van der Waals surface area (Å²) in [5.74, 6) is 0.480. The lowest BCUT2D eigenvalue weighted by Gasteiger charge is -2.24. The smallest absolute Gasteiger partial charge is 0.323 e. The van der Waals surface area contributed by atoms with Crippen molar-refractivity contribution in [2.75, 3.05) is 13.2 Å². The average molecular weight is 275 g/mol. The Morgan fingerprint density at radius 1 is 1.40 bits per heavy atom. The predicted octanol–water partition coefficient (Wildman–Crippen LogP) is 1.93. The number of rotatable bonds is 4. The molecule has 1 saturated heterocycles. The second kappa shape index (κ2) is 5.42. The van der Waals surface area contributed by atoms with Gasteiger partial charge >= 0.3 is 5.69 Å². The number of nitrogens with one attached hydrogen (secondary N) is 3. The summed E-state index contributed by atoms with van der Waals surface area (Å²) in [4.78, 5) is 17.0. The molecular formula is C15H21N3O2. The summed E-state index contributed by atoms with van der Waals surface area (Å²) < 4.78 is 5.70. The van der Waals surface area contributed by atoms with Crippen molar-refractivity contribution in [1.29, 1.82) is 0 Å². The monoisotopic (exact) mass is 275 g/mol. The van der Waals surface area contributed by atoms with Gasteiger partial charge in [-0.1, -0.05) is 13.0 Å². The van der Waals surface area contributed by atoms with Gasteiger partial charge in [-0.15, -0.1) is 0 Å². The van der Waals surface area contributed by atoms with E-state index in [0.29, 0.717) is 12.0 Å². The quantitative estimate of drug-likeness (QED) is 0.798. The van der Waals surface area contributed by atoms with E-state index in [1.807, 2.05) is 6.07 Å². The maximum absolute atomic E-state index is 11.3. The van der Waals surface area contributed by atoms with Crippen LogP contribution in [0.4, 0.5) is 0 Å². The van der Waals surface area contributed by atoms with Crippen LogP contribution in [0.25, 0.3) is 11.0 Å². The number of imidazole rings is 1. The Morgan fingerprint density at radius 2 is 2.20 bits per heavy atom. The fourth-order valence-electron chi connectivity index (χ4n) is 3.10. The number of H-pyrrole nitrogens is 2. The highest BCUT2D eigenvalue weighted by Crippen LogP contribution is 2.32. The summed E-state index contributed by atoms with van der Waals surface area (Å²) in [6.45, 7) is 5.94. The van der Waals surface area contributed by atoms with Gasteiger partial charge < -0.3 is 20.0 Å². The third kappa shape index (κ3) is 2.51. The number of fused-ring (bicyclic) bond motifs is 1. The number of hydrogen-bond donors (Lipinski definition) is 3. The Balaban J connectivity index is 1.93. The van der Waals surface area contributed by atoms with E-state index in [2.05, 4.69) is 41.3 Å². The van der Waals surface area contributed by atoms with Gasteiger partial charge in [-0.25, -0.2) is 4.79 Å². The molecule has 0 aliphatic carbocycles. The first kappa shape index (κ1) is 13.4. The van der Waals surface area contributed by atoms with E-state index >= 15 is 0 Å². The first-order valence-electron chi connectivity index (χ1n) is 7.24. The van der Waals surface area contributed by atoms with Crippen LogP contribution in [0.1, 0.15) is 31.9 Å². The summed E-state index contributed by atoms with van der Waals surface area (Å²) in [5.41, 5.74) is 2.76. The van der Waals surface area contributed by atoms with Crippen molar-refractivity contribution in [3.63, 3.8) is 0 Å². The van der Waals surface area contributed by atoms with E-state index in [-0.39, 0.29) is 11.7 Å². The minimum absolute atomic E-state index is 0.157. The van der Waals surface area contributed by atoms with E-state index in [1.54, 1.807) is 0 Å². The van der Waals surface area contributed by atoms with E-state index < -0.39 is 0 Å². The van der Waals surface area contributed by atoms with E-state index in [0.717, 1.165) is 30.6 Å². The molecule has 1 aromatic carbocycles. The van der Waals surface area contributed by atoms with Crippen LogP contribution in [0.2, 0.25) is 0 Å². The second-order valence-electron chi connectivity index (χ2n) is 5.56.